The average molecular weight is 144 g/mol. The maximum absolute atomic E-state index is 10.7. The smallest absolute Gasteiger partial charge is 0.336 e. The lowest BCUT2D eigenvalue weighted by molar-refractivity contribution is 0.190. The molecule has 1 aliphatic heterocycles. The molecule has 1 aliphatic rings. The first-order chi connectivity index (χ1) is 4.70. The highest BCUT2D eigenvalue weighted by atomic mass is 16.2. The molecule has 6 heteroatoms. The van der Waals surface area contributed by atoms with Crippen LogP contribution >= 0.6 is 0 Å². The maximum atomic E-state index is 10.7. The van der Waals surface area contributed by atoms with E-state index in [2.05, 4.69) is 10.7 Å². The number of nitrogens with zero attached hydrogens (tertiary/aromatic N) is 1. The number of hydrogen-bond acceptors (Lipinski definition) is 2. The van der Waals surface area contributed by atoms with E-state index in [4.69, 9.17) is 5.73 Å². The number of carbonyl (C=O) groups excluding carboxylic acids is 2. The SMILES string of the molecule is NC(=O)NN1CCNC1=O. The molecule has 0 unspecified atom stereocenters. The van der Waals surface area contributed by atoms with Crippen LogP contribution in [0.3, 0.4) is 0 Å². The van der Waals surface area contributed by atoms with Crippen LogP contribution in [0.1, 0.15) is 0 Å². The third kappa shape index (κ3) is 1.28. The molecule has 0 saturated carbocycles. The third-order valence-corrected chi connectivity index (χ3v) is 1.10. The van der Waals surface area contributed by atoms with Crippen LogP contribution in [0.4, 0.5) is 9.59 Å². The summed E-state index contributed by atoms with van der Waals surface area (Å²) >= 11 is 0. The summed E-state index contributed by atoms with van der Waals surface area (Å²) in [6.07, 6.45) is 0. The number of nitrogens with two attached hydrogens (primary N) is 1. The molecule has 1 rings (SSSR count). The normalized spacial score (nSPS) is 16.8. The second-order valence-electron chi connectivity index (χ2n) is 1.86. The van der Waals surface area contributed by atoms with E-state index in [1.54, 1.807) is 0 Å². The van der Waals surface area contributed by atoms with E-state index in [0.717, 1.165) is 5.01 Å². The largest absolute Gasteiger partial charge is 0.350 e. The Morgan fingerprint density at radius 2 is 2.50 bits per heavy atom. The molecule has 0 aliphatic carbocycles. The van der Waals surface area contributed by atoms with Gasteiger partial charge in [-0.3, -0.25) is 0 Å². The number of urea groups is 2. The van der Waals surface area contributed by atoms with Crippen molar-refractivity contribution < 1.29 is 9.59 Å². The molecular weight excluding hydrogens is 136 g/mol. The van der Waals surface area contributed by atoms with Crippen molar-refractivity contribution in [3.05, 3.63) is 0 Å². The van der Waals surface area contributed by atoms with Gasteiger partial charge in [0.1, 0.15) is 0 Å². The van der Waals surface area contributed by atoms with Crippen LogP contribution in [0.5, 0.6) is 0 Å². The van der Waals surface area contributed by atoms with E-state index in [1.807, 2.05) is 0 Å². The van der Waals surface area contributed by atoms with Gasteiger partial charge in [0.15, 0.2) is 0 Å². The fourth-order valence-corrected chi connectivity index (χ4v) is 0.711. The second kappa shape index (κ2) is 2.42. The highest BCUT2D eigenvalue weighted by Gasteiger charge is 2.19. The molecule has 4 amide bonds. The molecule has 0 radical (unpaired) electrons. The van der Waals surface area contributed by atoms with Crippen LogP contribution < -0.4 is 16.5 Å². The first kappa shape index (κ1) is 6.66. The molecule has 1 heterocycles. The number of hydrazine groups is 1. The summed E-state index contributed by atoms with van der Waals surface area (Å²) in [6.45, 7) is 1.00. The molecular formula is C4H8N4O2. The van der Waals surface area contributed by atoms with Crippen LogP contribution in [0.25, 0.3) is 0 Å². The molecule has 1 fully saturated rings. The van der Waals surface area contributed by atoms with Crippen LogP contribution in [-0.2, 0) is 0 Å². The highest BCUT2D eigenvalue weighted by molar-refractivity contribution is 5.80. The van der Waals surface area contributed by atoms with Gasteiger partial charge in [0.2, 0.25) is 0 Å². The number of amides is 4. The van der Waals surface area contributed by atoms with Crippen LogP contribution in [0, 0.1) is 0 Å². The van der Waals surface area contributed by atoms with Crippen molar-refractivity contribution >= 4 is 12.1 Å². The Kier molecular flexibility index (Phi) is 1.61. The highest BCUT2D eigenvalue weighted by Crippen LogP contribution is 1.89. The molecule has 10 heavy (non-hydrogen) atoms. The molecule has 0 aromatic carbocycles. The van der Waals surface area contributed by atoms with Gasteiger partial charge in [-0.15, -0.1) is 0 Å². The van der Waals surface area contributed by atoms with Crippen molar-refractivity contribution in [3.8, 4) is 0 Å². The minimum absolute atomic E-state index is 0.321. The number of nitrogens with one attached hydrogen (secondary N) is 2. The zero-order valence-electron chi connectivity index (χ0n) is 5.26. The van der Waals surface area contributed by atoms with E-state index in [-0.39, 0.29) is 6.03 Å². The lowest BCUT2D eigenvalue weighted by Gasteiger charge is -2.12. The Bertz CT molecular complexity index is 169. The Morgan fingerprint density at radius 3 is 2.90 bits per heavy atom. The summed E-state index contributed by atoms with van der Waals surface area (Å²) in [5.74, 6) is 0. The van der Waals surface area contributed by atoms with Gasteiger partial charge in [0.05, 0.1) is 6.54 Å². The molecule has 0 bridgehead atoms. The van der Waals surface area contributed by atoms with Crippen LogP contribution in [-0.4, -0.2) is 30.2 Å². The molecule has 0 spiro atoms. The molecule has 56 valence electrons. The molecule has 0 atom stereocenters. The van der Waals surface area contributed by atoms with Crippen molar-refractivity contribution in [1.29, 1.82) is 0 Å². The van der Waals surface area contributed by atoms with Gasteiger partial charge in [0.25, 0.3) is 0 Å². The summed E-state index contributed by atoms with van der Waals surface area (Å²) in [6, 6.07) is -1.05. The lowest BCUT2D eigenvalue weighted by Crippen LogP contribution is -2.46. The van der Waals surface area contributed by atoms with Crippen molar-refractivity contribution in [1.82, 2.24) is 15.8 Å². The maximum Gasteiger partial charge on any atom is 0.336 e. The van der Waals surface area contributed by atoms with E-state index in [0.29, 0.717) is 13.1 Å². The summed E-state index contributed by atoms with van der Waals surface area (Å²) < 4.78 is 0. The summed E-state index contributed by atoms with van der Waals surface area (Å²) in [4.78, 5) is 20.8. The van der Waals surface area contributed by atoms with E-state index in [9.17, 15) is 9.59 Å². The van der Waals surface area contributed by atoms with Gasteiger partial charge in [-0.05, 0) is 0 Å². The van der Waals surface area contributed by atoms with Crippen molar-refractivity contribution in [2.75, 3.05) is 13.1 Å². The van der Waals surface area contributed by atoms with Crippen LogP contribution in [0.2, 0.25) is 0 Å². The predicted octanol–water partition coefficient (Wildman–Crippen LogP) is -1.41. The van der Waals surface area contributed by atoms with Gasteiger partial charge < -0.3 is 11.1 Å². The van der Waals surface area contributed by atoms with Gasteiger partial charge in [-0.1, -0.05) is 0 Å². The number of carbonyl (C=O) groups is 2. The topological polar surface area (TPSA) is 87.5 Å². The third-order valence-electron chi connectivity index (χ3n) is 1.10. The first-order valence-electron chi connectivity index (χ1n) is 2.81. The Morgan fingerprint density at radius 1 is 1.80 bits per heavy atom. The monoisotopic (exact) mass is 144 g/mol. The zero-order valence-corrected chi connectivity index (χ0v) is 5.26. The molecule has 0 aromatic rings. The Balaban J connectivity index is 2.40. The van der Waals surface area contributed by atoms with Gasteiger partial charge in [0, 0.05) is 6.54 Å². The molecule has 0 aromatic heterocycles. The Labute approximate surface area is 57.3 Å². The minimum atomic E-state index is -0.725. The number of primary amides is 1. The molecule has 1 saturated heterocycles. The summed E-state index contributed by atoms with van der Waals surface area (Å²) in [7, 11) is 0. The van der Waals surface area contributed by atoms with Gasteiger partial charge in [-0.2, -0.15) is 0 Å². The Hall–Kier alpha value is -1.46. The first-order valence-corrected chi connectivity index (χ1v) is 2.81. The average Bonchev–Trinajstić information content (AvgIpc) is 2.15. The molecule has 6 nitrogen and oxygen atoms in total. The fourth-order valence-electron chi connectivity index (χ4n) is 0.711. The molecule has 4 N–H and O–H groups in total. The summed E-state index contributed by atoms with van der Waals surface area (Å²) in [5.41, 5.74) is 6.91. The summed E-state index contributed by atoms with van der Waals surface area (Å²) in [5, 5.41) is 3.62. The standard InChI is InChI=1S/C4H8N4O2/c5-3(9)7-8-2-1-6-4(8)10/h1-2H2,(H,6,10)(H3,5,7,9). The predicted molar refractivity (Wildman–Crippen MR) is 32.8 cm³/mol. The fraction of sp³-hybridized carbons (Fsp3) is 0.500. The van der Waals surface area contributed by atoms with Crippen LogP contribution in [0.15, 0.2) is 0 Å². The lowest BCUT2D eigenvalue weighted by atomic mass is 10.7. The number of rotatable bonds is 1. The number of hydrogen-bond donors (Lipinski definition) is 3. The van der Waals surface area contributed by atoms with E-state index >= 15 is 0 Å². The van der Waals surface area contributed by atoms with Crippen molar-refractivity contribution in [3.63, 3.8) is 0 Å². The second-order valence-corrected chi connectivity index (χ2v) is 1.86. The van der Waals surface area contributed by atoms with E-state index < -0.39 is 6.03 Å². The van der Waals surface area contributed by atoms with E-state index in [1.165, 1.54) is 0 Å². The zero-order chi connectivity index (χ0) is 7.56. The van der Waals surface area contributed by atoms with Gasteiger partial charge in [-0.25, -0.2) is 20.0 Å². The van der Waals surface area contributed by atoms with Crippen molar-refractivity contribution in [2.45, 2.75) is 0 Å². The van der Waals surface area contributed by atoms with Gasteiger partial charge >= 0.3 is 12.1 Å². The minimum Gasteiger partial charge on any atom is -0.350 e. The quantitative estimate of drug-likeness (QED) is 0.422. The van der Waals surface area contributed by atoms with Crippen molar-refractivity contribution in [2.24, 2.45) is 5.73 Å².